The van der Waals surface area contributed by atoms with Gasteiger partial charge in [-0.25, -0.2) is 4.79 Å². The number of hydrogen-bond acceptors (Lipinski definition) is 5. The number of carbonyl (C=O) groups excluding carboxylic acids is 2. The van der Waals surface area contributed by atoms with Crippen LogP contribution in [0, 0.1) is 13.8 Å². The highest BCUT2D eigenvalue weighted by molar-refractivity contribution is 5.94. The topological polar surface area (TPSA) is 97.1 Å². The number of ether oxygens (including phenoxy) is 2. The van der Waals surface area contributed by atoms with Crippen molar-refractivity contribution in [3.63, 3.8) is 0 Å². The summed E-state index contributed by atoms with van der Waals surface area (Å²) in [5, 5.41) is 3.13. The van der Waals surface area contributed by atoms with Gasteiger partial charge in [0, 0.05) is 37.6 Å². The van der Waals surface area contributed by atoms with Crippen LogP contribution in [-0.4, -0.2) is 56.3 Å². The van der Waals surface area contributed by atoms with Crippen molar-refractivity contribution in [3.8, 4) is 5.75 Å². The Morgan fingerprint density at radius 2 is 1.81 bits per heavy atom. The zero-order valence-corrected chi connectivity index (χ0v) is 21.6. The number of amides is 3. The number of nitrogens with one attached hydrogen (secondary N) is 1. The third kappa shape index (κ3) is 4.07. The van der Waals surface area contributed by atoms with Gasteiger partial charge in [0.05, 0.1) is 25.2 Å². The monoisotopic (exact) mass is 492 g/mol. The number of hydrogen-bond donors (Lipinski definition) is 2. The van der Waals surface area contributed by atoms with Crippen molar-refractivity contribution in [1.82, 2.24) is 4.90 Å². The minimum Gasteiger partial charge on any atom is -0.496 e. The van der Waals surface area contributed by atoms with Gasteiger partial charge in [0.2, 0.25) is 5.91 Å². The molecule has 3 amide bonds. The molecule has 1 aliphatic carbocycles. The highest BCUT2D eigenvalue weighted by atomic mass is 16.5. The van der Waals surface area contributed by atoms with E-state index in [4.69, 9.17) is 15.2 Å². The van der Waals surface area contributed by atoms with Crippen molar-refractivity contribution in [2.45, 2.75) is 63.6 Å². The molecule has 2 aromatic rings. The average Bonchev–Trinajstić information content (AvgIpc) is 2.83. The van der Waals surface area contributed by atoms with Gasteiger partial charge in [-0.3, -0.25) is 4.79 Å². The molecule has 0 radical (unpaired) electrons. The molecule has 3 aliphatic rings. The second-order valence-corrected chi connectivity index (χ2v) is 10.5. The van der Waals surface area contributed by atoms with Gasteiger partial charge in [0.15, 0.2) is 0 Å². The molecule has 0 aromatic heterocycles. The number of benzene rings is 2. The number of rotatable bonds is 6. The highest BCUT2D eigenvalue weighted by Gasteiger charge is 2.44. The second kappa shape index (κ2) is 9.32. The van der Waals surface area contributed by atoms with E-state index in [1.54, 1.807) is 14.2 Å². The lowest BCUT2D eigenvalue weighted by molar-refractivity contribution is -0.125. The number of aryl methyl sites for hydroxylation is 2. The zero-order valence-electron chi connectivity index (χ0n) is 21.6. The minimum atomic E-state index is -0.746. The van der Waals surface area contributed by atoms with Gasteiger partial charge >= 0.3 is 6.03 Å². The molecule has 3 N–H and O–H groups in total. The molecule has 2 heterocycles. The smallest absolute Gasteiger partial charge is 0.322 e. The summed E-state index contributed by atoms with van der Waals surface area (Å²) in [6.45, 7) is 6.39. The Morgan fingerprint density at radius 3 is 2.44 bits per heavy atom. The second-order valence-electron chi connectivity index (χ2n) is 10.5. The summed E-state index contributed by atoms with van der Waals surface area (Å²) in [5.74, 6) is 0.443. The molecule has 0 unspecified atom stereocenters. The van der Waals surface area contributed by atoms with Gasteiger partial charge < -0.3 is 30.3 Å². The van der Waals surface area contributed by atoms with E-state index in [1.807, 2.05) is 30.0 Å². The Bertz CT molecular complexity index is 1180. The van der Waals surface area contributed by atoms with E-state index in [9.17, 15) is 9.59 Å². The summed E-state index contributed by atoms with van der Waals surface area (Å²) >= 11 is 0. The van der Waals surface area contributed by atoms with Crippen LogP contribution in [0.25, 0.3) is 0 Å². The van der Waals surface area contributed by atoms with Crippen LogP contribution < -0.4 is 20.7 Å². The van der Waals surface area contributed by atoms with Crippen LogP contribution in [0.1, 0.15) is 47.9 Å². The van der Waals surface area contributed by atoms with Gasteiger partial charge in [-0.15, -0.1) is 0 Å². The third-order valence-electron chi connectivity index (χ3n) is 8.52. The van der Waals surface area contributed by atoms with Gasteiger partial charge in [0.25, 0.3) is 0 Å². The van der Waals surface area contributed by atoms with E-state index in [0.717, 1.165) is 46.9 Å². The van der Waals surface area contributed by atoms with Crippen molar-refractivity contribution in [2.24, 2.45) is 5.73 Å². The summed E-state index contributed by atoms with van der Waals surface area (Å²) in [7, 11) is 3.38. The molecule has 36 heavy (non-hydrogen) atoms. The molecule has 8 nitrogen and oxygen atoms in total. The number of fused-ring (bicyclic) bond motifs is 1. The first-order chi connectivity index (χ1) is 17.3. The first kappa shape index (κ1) is 24.4. The molecule has 0 spiro atoms. The third-order valence-corrected chi connectivity index (χ3v) is 8.52. The van der Waals surface area contributed by atoms with Gasteiger partial charge in [-0.05, 0) is 80.0 Å². The fourth-order valence-corrected chi connectivity index (χ4v) is 6.03. The van der Waals surface area contributed by atoms with Crippen LogP contribution in [0.4, 0.5) is 16.2 Å². The molecule has 0 atom stereocenters. The van der Waals surface area contributed by atoms with Crippen LogP contribution in [0.3, 0.4) is 0 Å². The van der Waals surface area contributed by atoms with E-state index in [-0.39, 0.29) is 24.1 Å². The van der Waals surface area contributed by atoms with E-state index in [0.29, 0.717) is 32.2 Å². The van der Waals surface area contributed by atoms with Crippen molar-refractivity contribution < 1.29 is 19.1 Å². The lowest BCUT2D eigenvalue weighted by Gasteiger charge is -2.44. The summed E-state index contributed by atoms with van der Waals surface area (Å²) in [5.41, 5.74) is 11.5. The summed E-state index contributed by atoms with van der Waals surface area (Å²) in [6, 6.07) is 10.2. The highest BCUT2D eigenvalue weighted by Crippen LogP contribution is 2.43. The Kier molecular flexibility index (Phi) is 6.32. The van der Waals surface area contributed by atoms with Crippen LogP contribution in [-0.2, 0) is 21.5 Å². The lowest BCUT2D eigenvalue weighted by atomic mass is 9.67. The quantitative estimate of drug-likeness (QED) is 0.638. The van der Waals surface area contributed by atoms with E-state index in [2.05, 4.69) is 29.3 Å². The van der Waals surface area contributed by atoms with Crippen LogP contribution in [0.15, 0.2) is 30.3 Å². The predicted molar refractivity (Wildman–Crippen MR) is 140 cm³/mol. The van der Waals surface area contributed by atoms with Crippen molar-refractivity contribution in [2.75, 3.05) is 37.5 Å². The molecule has 8 heteroatoms. The molecule has 0 bridgehead atoms. The molecule has 192 valence electrons. The van der Waals surface area contributed by atoms with Gasteiger partial charge in [-0.1, -0.05) is 12.1 Å². The Morgan fingerprint density at radius 1 is 1.08 bits per heavy atom. The van der Waals surface area contributed by atoms with Crippen LogP contribution in [0.2, 0.25) is 0 Å². The lowest BCUT2D eigenvalue weighted by Crippen LogP contribution is -2.52. The maximum absolute atomic E-state index is 13.2. The maximum Gasteiger partial charge on any atom is 0.322 e. The van der Waals surface area contributed by atoms with Crippen molar-refractivity contribution >= 4 is 23.3 Å². The fraction of sp³-hybridized carbons (Fsp3) is 0.500. The Hall–Kier alpha value is -3.26. The SMILES string of the molecule is COc1cc(C2(C(N)=O)CCC(N3Cc4c(C)cc(N5CC(OC)C5)cc4NC3=O)CC2)ccc1C. The van der Waals surface area contributed by atoms with Crippen molar-refractivity contribution in [1.29, 1.82) is 0 Å². The van der Waals surface area contributed by atoms with Crippen molar-refractivity contribution in [3.05, 3.63) is 52.6 Å². The van der Waals surface area contributed by atoms with E-state index < -0.39 is 5.41 Å². The number of carbonyl (C=O) groups is 2. The molecule has 2 aliphatic heterocycles. The Balaban J connectivity index is 1.32. The molecule has 2 fully saturated rings. The number of urea groups is 1. The fourth-order valence-electron chi connectivity index (χ4n) is 6.03. The molecule has 5 rings (SSSR count). The van der Waals surface area contributed by atoms with Crippen LogP contribution >= 0.6 is 0 Å². The van der Waals surface area contributed by atoms with E-state index >= 15 is 0 Å². The maximum atomic E-state index is 13.2. The molecule has 1 saturated carbocycles. The molecule has 2 aromatic carbocycles. The zero-order chi connectivity index (χ0) is 25.6. The molecular weight excluding hydrogens is 456 g/mol. The van der Waals surface area contributed by atoms with Gasteiger partial charge in [-0.2, -0.15) is 0 Å². The standard InChI is InChI=1S/C28H36N4O4/c1-17-5-6-19(12-25(17)36-4)28(26(29)33)9-7-20(8-10-28)32-16-23-18(2)11-21(13-24(23)30-27(32)34)31-14-22(15-31)35-3/h5-6,11-13,20,22H,7-10,14-16H2,1-4H3,(H2,29,33)(H,30,34). The number of nitrogens with two attached hydrogens (primary N) is 1. The minimum absolute atomic E-state index is 0.0508. The number of anilines is 2. The normalized spacial score (nSPS) is 24.1. The number of nitrogens with zero attached hydrogens (tertiary/aromatic N) is 2. The van der Waals surface area contributed by atoms with Gasteiger partial charge in [0.1, 0.15) is 5.75 Å². The predicted octanol–water partition coefficient (Wildman–Crippen LogP) is 3.86. The average molecular weight is 493 g/mol. The Labute approximate surface area is 212 Å². The molecule has 1 saturated heterocycles. The number of primary amides is 1. The van der Waals surface area contributed by atoms with Crippen LogP contribution in [0.5, 0.6) is 5.75 Å². The summed E-state index contributed by atoms with van der Waals surface area (Å²) in [4.78, 5) is 30.1. The largest absolute Gasteiger partial charge is 0.496 e. The molecular formula is C28H36N4O4. The van der Waals surface area contributed by atoms with E-state index in [1.165, 1.54) is 5.56 Å². The summed E-state index contributed by atoms with van der Waals surface area (Å²) < 4.78 is 10.9. The number of methoxy groups -OCH3 is 2. The first-order valence-electron chi connectivity index (χ1n) is 12.7. The summed E-state index contributed by atoms with van der Waals surface area (Å²) in [6.07, 6.45) is 2.90. The first-order valence-corrected chi connectivity index (χ1v) is 12.7.